The smallest absolute Gasteiger partial charge is 0.191 e. The summed E-state index contributed by atoms with van der Waals surface area (Å²) in [6.07, 6.45) is -0.244. The molecule has 1 saturated heterocycles. The summed E-state index contributed by atoms with van der Waals surface area (Å²) in [5.41, 5.74) is 1.91. The summed E-state index contributed by atoms with van der Waals surface area (Å²) >= 11 is 0. The van der Waals surface area contributed by atoms with E-state index in [1.807, 2.05) is 12.1 Å². The van der Waals surface area contributed by atoms with Crippen LogP contribution in [-0.4, -0.2) is 64.4 Å². The maximum absolute atomic E-state index is 13.4. The molecule has 2 unspecified atom stereocenters. The summed E-state index contributed by atoms with van der Waals surface area (Å²) in [4.78, 5) is 6.63. The minimum atomic E-state index is -0.279. The van der Waals surface area contributed by atoms with Gasteiger partial charge in [0.25, 0.3) is 0 Å². The Bertz CT molecular complexity index is 831. The highest BCUT2D eigenvalue weighted by Gasteiger charge is 2.23. The third kappa shape index (κ3) is 7.65. The molecule has 1 aliphatic heterocycles. The first kappa shape index (κ1) is 26.4. The molecule has 0 saturated carbocycles. The van der Waals surface area contributed by atoms with Gasteiger partial charge in [0.05, 0.1) is 25.4 Å². The lowest BCUT2D eigenvalue weighted by Gasteiger charge is -2.35. The Hall–Kier alpha value is -1.82. The summed E-state index contributed by atoms with van der Waals surface area (Å²) in [7, 11) is 3.32. The van der Waals surface area contributed by atoms with Gasteiger partial charge in [0.1, 0.15) is 11.6 Å². The molecular weight excluding hydrogens is 529 g/mol. The number of hydrogen-bond acceptors (Lipinski definition) is 4. The van der Waals surface area contributed by atoms with Gasteiger partial charge in [-0.15, -0.1) is 24.0 Å². The van der Waals surface area contributed by atoms with E-state index in [1.165, 1.54) is 24.3 Å². The molecule has 0 aromatic heterocycles. The first-order valence-corrected chi connectivity index (χ1v) is 10.4. The van der Waals surface area contributed by atoms with Crippen LogP contribution in [0.4, 0.5) is 8.78 Å². The molecule has 0 radical (unpaired) electrons. The predicted molar refractivity (Wildman–Crippen MR) is 132 cm³/mol. The first-order valence-electron chi connectivity index (χ1n) is 10.4. The average molecular weight is 560 g/mol. The molecule has 2 N–H and O–H groups in total. The van der Waals surface area contributed by atoms with E-state index in [9.17, 15) is 8.78 Å². The number of hydrogen-bond donors (Lipinski definition) is 2. The monoisotopic (exact) mass is 560 g/mol. The lowest BCUT2D eigenvalue weighted by atomic mass is 10.0. The van der Waals surface area contributed by atoms with E-state index in [0.717, 1.165) is 24.2 Å². The number of halogens is 3. The van der Waals surface area contributed by atoms with E-state index >= 15 is 0 Å². The fourth-order valence-electron chi connectivity index (χ4n) is 3.65. The second kappa shape index (κ2) is 13.7. The van der Waals surface area contributed by atoms with Crippen LogP contribution in [0.5, 0.6) is 0 Å². The summed E-state index contributed by atoms with van der Waals surface area (Å²) in [6, 6.07) is 12.9. The second-order valence-electron chi connectivity index (χ2n) is 7.33. The molecule has 1 fully saturated rings. The second-order valence-corrected chi connectivity index (χ2v) is 7.33. The van der Waals surface area contributed by atoms with Crippen molar-refractivity contribution in [1.29, 1.82) is 0 Å². The number of rotatable bonds is 8. The Morgan fingerprint density at radius 3 is 2.03 bits per heavy atom. The van der Waals surface area contributed by atoms with Crippen LogP contribution in [0.25, 0.3) is 0 Å². The molecule has 32 heavy (non-hydrogen) atoms. The average Bonchev–Trinajstić information content (AvgIpc) is 2.81. The van der Waals surface area contributed by atoms with E-state index in [2.05, 4.69) is 20.5 Å². The molecule has 1 aliphatic rings. The number of nitrogens with one attached hydrogen (secondary N) is 2. The van der Waals surface area contributed by atoms with Gasteiger partial charge in [-0.2, -0.15) is 0 Å². The normalized spacial score (nSPS) is 16.7. The van der Waals surface area contributed by atoms with E-state index in [-0.39, 0.29) is 47.8 Å². The molecule has 0 spiro atoms. The number of benzene rings is 2. The van der Waals surface area contributed by atoms with Crippen molar-refractivity contribution in [2.24, 2.45) is 4.99 Å². The van der Waals surface area contributed by atoms with Crippen LogP contribution in [0, 0.1) is 11.6 Å². The third-order valence-corrected chi connectivity index (χ3v) is 5.41. The fourth-order valence-corrected chi connectivity index (χ4v) is 3.65. The minimum absolute atomic E-state index is 0. The van der Waals surface area contributed by atoms with E-state index in [0.29, 0.717) is 32.3 Å². The summed E-state index contributed by atoms with van der Waals surface area (Å²) in [6.45, 7) is 4.05. The zero-order valence-electron chi connectivity index (χ0n) is 18.4. The molecule has 0 aliphatic carbocycles. The first-order chi connectivity index (χ1) is 15.1. The highest BCUT2D eigenvalue weighted by molar-refractivity contribution is 14.0. The van der Waals surface area contributed by atoms with Crippen LogP contribution in [0.2, 0.25) is 0 Å². The maximum atomic E-state index is 13.4. The van der Waals surface area contributed by atoms with Gasteiger partial charge in [0, 0.05) is 40.3 Å². The quantitative estimate of drug-likeness (QED) is 0.294. The van der Waals surface area contributed by atoms with Gasteiger partial charge in [0.15, 0.2) is 5.96 Å². The van der Waals surface area contributed by atoms with Crippen LogP contribution in [0.3, 0.4) is 0 Å². The van der Waals surface area contributed by atoms with Crippen molar-refractivity contribution in [3.8, 4) is 0 Å². The van der Waals surface area contributed by atoms with E-state index < -0.39 is 0 Å². The highest BCUT2D eigenvalue weighted by Crippen LogP contribution is 2.22. The molecule has 2 aromatic carbocycles. The number of ether oxygens (including phenoxy) is 2. The zero-order valence-corrected chi connectivity index (χ0v) is 20.7. The molecule has 0 amide bonds. The molecule has 0 bridgehead atoms. The standard InChI is InChI=1S/C23H30F2N4O2.HI/c1-26-23(28-16-22(30-2)18-5-9-20(25)10-6-18)27-15-21(29-11-13-31-14-12-29)17-3-7-19(24)8-4-17;/h3-10,21-22H,11-16H2,1-2H3,(H2,26,27,28);1H. The number of nitrogens with zero attached hydrogens (tertiary/aromatic N) is 2. The summed E-state index contributed by atoms with van der Waals surface area (Å²) < 4.78 is 37.6. The van der Waals surface area contributed by atoms with Gasteiger partial charge in [0.2, 0.25) is 0 Å². The number of morpholine rings is 1. The van der Waals surface area contributed by atoms with Crippen LogP contribution in [0.1, 0.15) is 23.3 Å². The van der Waals surface area contributed by atoms with Gasteiger partial charge in [-0.25, -0.2) is 8.78 Å². The van der Waals surface area contributed by atoms with E-state index in [1.54, 1.807) is 26.3 Å². The predicted octanol–water partition coefficient (Wildman–Crippen LogP) is 3.51. The fraction of sp³-hybridized carbons (Fsp3) is 0.435. The van der Waals surface area contributed by atoms with Crippen molar-refractivity contribution in [3.05, 3.63) is 71.3 Å². The van der Waals surface area contributed by atoms with Gasteiger partial charge in [-0.1, -0.05) is 24.3 Å². The summed E-state index contributed by atoms with van der Waals surface area (Å²) in [5, 5.41) is 6.64. The number of guanidine groups is 1. The van der Waals surface area contributed by atoms with Gasteiger partial charge in [-0.3, -0.25) is 9.89 Å². The van der Waals surface area contributed by atoms with Crippen LogP contribution >= 0.6 is 24.0 Å². The molecule has 2 aromatic rings. The molecule has 176 valence electrons. The Balaban J connectivity index is 0.00000363. The highest BCUT2D eigenvalue weighted by atomic mass is 127. The summed E-state index contributed by atoms with van der Waals surface area (Å²) in [5.74, 6) is 0.102. The molecular formula is C23H31F2IN4O2. The van der Waals surface area contributed by atoms with Crippen molar-refractivity contribution in [1.82, 2.24) is 15.5 Å². The Kier molecular flexibility index (Phi) is 11.3. The van der Waals surface area contributed by atoms with Gasteiger partial charge in [-0.05, 0) is 35.4 Å². The molecule has 6 nitrogen and oxygen atoms in total. The molecule has 9 heteroatoms. The SMILES string of the molecule is CN=C(NCC(OC)c1ccc(F)cc1)NCC(c1ccc(F)cc1)N1CCOCC1.I. The maximum Gasteiger partial charge on any atom is 0.191 e. The van der Waals surface area contributed by atoms with E-state index in [4.69, 9.17) is 9.47 Å². The number of methoxy groups -OCH3 is 1. The van der Waals surface area contributed by atoms with Crippen molar-refractivity contribution in [2.45, 2.75) is 12.1 Å². The zero-order chi connectivity index (χ0) is 22.1. The lowest BCUT2D eigenvalue weighted by Crippen LogP contribution is -2.46. The van der Waals surface area contributed by atoms with Crippen LogP contribution in [0.15, 0.2) is 53.5 Å². The largest absolute Gasteiger partial charge is 0.379 e. The van der Waals surface area contributed by atoms with Crippen LogP contribution in [-0.2, 0) is 9.47 Å². The topological polar surface area (TPSA) is 58.1 Å². The van der Waals surface area contributed by atoms with Gasteiger partial charge >= 0.3 is 0 Å². The number of aliphatic imine (C=N–C) groups is 1. The molecule has 1 heterocycles. The molecule has 3 rings (SSSR count). The van der Waals surface area contributed by atoms with Gasteiger partial charge < -0.3 is 20.1 Å². The van der Waals surface area contributed by atoms with Crippen molar-refractivity contribution >= 4 is 29.9 Å². The Labute approximate surface area is 205 Å². The Morgan fingerprint density at radius 1 is 0.969 bits per heavy atom. The third-order valence-electron chi connectivity index (χ3n) is 5.41. The Morgan fingerprint density at radius 2 is 1.50 bits per heavy atom. The van der Waals surface area contributed by atoms with Crippen molar-refractivity contribution in [3.63, 3.8) is 0 Å². The lowest BCUT2D eigenvalue weighted by molar-refractivity contribution is 0.0169. The molecule has 2 atom stereocenters. The van der Waals surface area contributed by atoms with Crippen molar-refractivity contribution in [2.75, 3.05) is 53.6 Å². The van der Waals surface area contributed by atoms with Crippen molar-refractivity contribution < 1.29 is 18.3 Å². The minimum Gasteiger partial charge on any atom is -0.379 e. The van der Waals surface area contributed by atoms with Crippen LogP contribution < -0.4 is 10.6 Å².